The van der Waals surface area contributed by atoms with Gasteiger partial charge in [-0.3, -0.25) is 4.79 Å². The normalized spacial score (nSPS) is 11.5. The minimum Gasteiger partial charge on any atom is -0.343 e. The Balaban J connectivity index is 1.88. The lowest BCUT2D eigenvalue weighted by Crippen LogP contribution is -2.07. The minimum atomic E-state index is -4.35. The molecule has 25 heavy (non-hydrogen) atoms. The first-order chi connectivity index (χ1) is 11.9. The van der Waals surface area contributed by atoms with Crippen LogP contribution >= 0.6 is 0 Å². The second-order valence-electron chi connectivity index (χ2n) is 5.61. The molecule has 0 unspecified atom stereocenters. The van der Waals surface area contributed by atoms with Gasteiger partial charge in [0.15, 0.2) is 0 Å². The fourth-order valence-corrected chi connectivity index (χ4v) is 2.65. The van der Waals surface area contributed by atoms with Gasteiger partial charge < -0.3 is 9.88 Å². The number of hydrogen-bond donors (Lipinski definition) is 1. The van der Waals surface area contributed by atoms with Gasteiger partial charge in [-0.25, -0.2) is 0 Å². The predicted octanol–water partition coefficient (Wildman–Crippen LogP) is 4.83. The van der Waals surface area contributed by atoms with Crippen LogP contribution < -0.4 is 5.32 Å². The second kappa shape index (κ2) is 6.47. The number of carbonyl (C=O) groups is 1. The molecule has 0 radical (unpaired) electrons. The van der Waals surface area contributed by atoms with Gasteiger partial charge in [-0.1, -0.05) is 18.7 Å². The Morgan fingerprint density at radius 1 is 1.16 bits per heavy atom. The lowest BCUT2D eigenvalue weighted by Gasteiger charge is -2.10. The van der Waals surface area contributed by atoms with E-state index in [1.165, 1.54) is 12.1 Å². The molecule has 0 bridgehead atoms. The quantitative estimate of drug-likeness (QED) is 0.676. The van der Waals surface area contributed by atoms with Gasteiger partial charge >= 0.3 is 6.18 Å². The lowest BCUT2D eigenvalue weighted by atomic mass is 10.1. The molecular formula is C19H15F3N2O. The number of benzene rings is 2. The van der Waals surface area contributed by atoms with Crippen molar-refractivity contribution in [1.29, 1.82) is 0 Å². The fourth-order valence-electron chi connectivity index (χ4n) is 2.65. The Morgan fingerprint density at radius 3 is 2.68 bits per heavy atom. The van der Waals surface area contributed by atoms with Crippen LogP contribution in [0.25, 0.3) is 10.9 Å². The van der Waals surface area contributed by atoms with Gasteiger partial charge in [0.25, 0.3) is 0 Å². The average molecular weight is 344 g/mol. The van der Waals surface area contributed by atoms with E-state index in [0.717, 1.165) is 23.0 Å². The zero-order valence-electron chi connectivity index (χ0n) is 13.2. The van der Waals surface area contributed by atoms with Crippen LogP contribution in [0, 0.1) is 0 Å². The van der Waals surface area contributed by atoms with Crippen molar-refractivity contribution in [3.63, 3.8) is 0 Å². The molecule has 0 saturated carbocycles. The van der Waals surface area contributed by atoms with Crippen molar-refractivity contribution in [3.8, 4) is 0 Å². The van der Waals surface area contributed by atoms with Gasteiger partial charge in [-0.2, -0.15) is 13.2 Å². The Kier molecular flexibility index (Phi) is 4.35. The number of anilines is 1. The molecule has 1 aromatic heterocycles. The van der Waals surface area contributed by atoms with E-state index in [9.17, 15) is 18.0 Å². The van der Waals surface area contributed by atoms with Gasteiger partial charge in [0.2, 0.25) is 5.91 Å². The van der Waals surface area contributed by atoms with Crippen molar-refractivity contribution in [2.45, 2.75) is 12.7 Å². The predicted molar refractivity (Wildman–Crippen MR) is 91.3 cm³/mol. The van der Waals surface area contributed by atoms with Gasteiger partial charge in [0.05, 0.1) is 5.56 Å². The fraction of sp³-hybridized carbons (Fsp3) is 0.105. The molecule has 2 aromatic carbocycles. The van der Waals surface area contributed by atoms with E-state index in [4.69, 9.17) is 0 Å². The summed E-state index contributed by atoms with van der Waals surface area (Å²) in [6.07, 6.45) is -1.36. The average Bonchev–Trinajstić information content (AvgIpc) is 2.96. The minimum absolute atomic E-state index is 0.303. The zero-order chi connectivity index (χ0) is 18.0. The van der Waals surface area contributed by atoms with E-state index in [2.05, 4.69) is 11.9 Å². The third-order valence-corrected chi connectivity index (χ3v) is 3.83. The summed E-state index contributed by atoms with van der Waals surface area (Å²) in [5, 5.41) is 3.56. The van der Waals surface area contributed by atoms with Crippen LogP contribution in [0.1, 0.15) is 11.1 Å². The number of fused-ring (bicyclic) bond motifs is 1. The van der Waals surface area contributed by atoms with Crippen LogP contribution in [0.15, 0.2) is 67.4 Å². The zero-order valence-corrected chi connectivity index (χ0v) is 13.2. The summed E-state index contributed by atoms with van der Waals surface area (Å²) in [4.78, 5) is 11.4. The van der Waals surface area contributed by atoms with Crippen molar-refractivity contribution >= 4 is 22.5 Å². The standard InChI is InChI=1S/C19H15F3N2O/c1-2-18(25)23-16-6-7-17-14(11-16)8-9-24(17)12-13-4-3-5-15(10-13)19(20,21)22/h2-11H,1,12H2,(H,23,25). The molecule has 0 spiro atoms. The van der Waals surface area contributed by atoms with Crippen LogP contribution in [0.5, 0.6) is 0 Å². The Morgan fingerprint density at radius 2 is 1.96 bits per heavy atom. The van der Waals surface area contributed by atoms with E-state index in [1.54, 1.807) is 18.2 Å². The number of nitrogens with zero attached hydrogens (tertiary/aromatic N) is 1. The first-order valence-corrected chi connectivity index (χ1v) is 7.55. The van der Waals surface area contributed by atoms with Crippen molar-refractivity contribution < 1.29 is 18.0 Å². The molecule has 3 rings (SSSR count). The number of rotatable bonds is 4. The maximum atomic E-state index is 12.8. The van der Waals surface area contributed by atoms with Crippen molar-refractivity contribution in [1.82, 2.24) is 4.57 Å². The molecule has 0 saturated heterocycles. The molecule has 0 fully saturated rings. The van der Waals surface area contributed by atoms with E-state index in [0.29, 0.717) is 17.8 Å². The van der Waals surface area contributed by atoms with E-state index >= 15 is 0 Å². The van der Waals surface area contributed by atoms with Crippen LogP contribution in [-0.4, -0.2) is 10.5 Å². The number of alkyl halides is 3. The number of halogens is 3. The van der Waals surface area contributed by atoms with E-state index in [1.807, 2.05) is 22.9 Å². The first-order valence-electron chi connectivity index (χ1n) is 7.55. The van der Waals surface area contributed by atoms with Gasteiger partial charge in [-0.15, -0.1) is 0 Å². The Labute approximate surface area is 142 Å². The topological polar surface area (TPSA) is 34.0 Å². The van der Waals surface area contributed by atoms with Crippen LogP contribution in [-0.2, 0) is 17.5 Å². The third kappa shape index (κ3) is 3.74. The van der Waals surface area contributed by atoms with Crippen LogP contribution in [0.4, 0.5) is 18.9 Å². The lowest BCUT2D eigenvalue weighted by molar-refractivity contribution is -0.137. The van der Waals surface area contributed by atoms with Crippen molar-refractivity contribution in [2.75, 3.05) is 5.32 Å². The highest BCUT2D eigenvalue weighted by molar-refractivity contribution is 6.00. The maximum Gasteiger partial charge on any atom is 0.416 e. The number of amides is 1. The summed E-state index contributed by atoms with van der Waals surface area (Å²) in [5.74, 6) is -0.303. The molecule has 0 aliphatic carbocycles. The summed E-state index contributed by atoms with van der Waals surface area (Å²) >= 11 is 0. The van der Waals surface area contributed by atoms with Gasteiger partial charge in [0, 0.05) is 29.3 Å². The number of aromatic nitrogens is 1. The van der Waals surface area contributed by atoms with Crippen LogP contribution in [0.2, 0.25) is 0 Å². The highest BCUT2D eigenvalue weighted by Gasteiger charge is 2.30. The molecule has 1 N–H and O–H groups in total. The number of nitrogens with one attached hydrogen (secondary N) is 1. The van der Waals surface area contributed by atoms with Gasteiger partial charge in [0.1, 0.15) is 0 Å². The van der Waals surface area contributed by atoms with Crippen LogP contribution in [0.3, 0.4) is 0 Å². The highest BCUT2D eigenvalue weighted by Crippen LogP contribution is 2.30. The third-order valence-electron chi connectivity index (χ3n) is 3.83. The molecule has 3 nitrogen and oxygen atoms in total. The van der Waals surface area contributed by atoms with Crippen molar-refractivity contribution in [3.05, 3.63) is 78.5 Å². The molecule has 6 heteroatoms. The molecule has 3 aromatic rings. The largest absolute Gasteiger partial charge is 0.416 e. The van der Waals surface area contributed by atoms with E-state index < -0.39 is 11.7 Å². The Hall–Kier alpha value is -3.02. The SMILES string of the molecule is C=CC(=O)Nc1ccc2c(ccn2Cc2cccc(C(F)(F)F)c2)c1. The smallest absolute Gasteiger partial charge is 0.343 e. The maximum absolute atomic E-state index is 12.8. The molecule has 0 aliphatic heterocycles. The molecule has 128 valence electrons. The number of carbonyl (C=O) groups excluding carboxylic acids is 1. The Bertz CT molecular complexity index is 941. The van der Waals surface area contributed by atoms with Crippen molar-refractivity contribution in [2.24, 2.45) is 0 Å². The monoisotopic (exact) mass is 344 g/mol. The molecule has 1 amide bonds. The summed E-state index contributed by atoms with van der Waals surface area (Å²) in [6.45, 7) is 3.72. The molecule has 0 aliphatic rings. The summed E-state index contributed by atoms with van der Waals surface area (Å²) in [7, 11) is 0. The molecule has 1 heterocycles. The van der Waals surface area contributed by atoms with E-state index in [-0.39, 0.29) is 5.91 Å². The summed E-state index contributed by atoms with van der Waals surface area (Å²) in [5.41, 5.74) is 1.41. The molecular weight excluding hydrogens is 329 g/mol. The number of hydrogen-bond acceptors (Lipinski definition) is 1. The first kappa shape index (κ1) is 16.8. The second-order valence-corrected chi connectivity index (χ2v) is 5.61. The van der Waals surface area contributed by atoms with Gasteiger partial charge in [-0.05, 0) is 48.0 Å². The highest BCUT2D eigenvalue weighted by atomic mass is 19.4. The summed E-state index contributed by atoms with van der Waals surface area (Å²) in [6, 6.07) is 12.5. The molecule has 0 atom stereocenters. The summed E-state index contributed by atoms with van der Waals surface area (Å²) < 4.78 is 40.4.